The third-order valence-electron chi connectivity index (χ3n) is 3.98. The minimum absolute atomic E-state index is 0.0513. The average Bonchev–Trinajstić information content (AvgIpc) is 2.48. The number of amides is 2. The van der Waals surface area contributed by atoms with Gasteiger partial charge in [0.15, 0.2) is 0 Å². The lowest BCUT2D eigenvalue weighted by atomic mass is 10.0. The first-order chi connectivity index (χ1) is 10.0. The zero-order chi connectivity index (χ0) is 15.4. The van der Waals surface area contributed by atoms with Gasteiger partial charge in [-0.2, -0.15) is 0 Å². The fraction of sp³-hybridized carbons (Fsp3) is 0.500. The molecule has 1 N–H and O–H groups in total. The van der Waals surface area contributed by atoms with Gasteiger partial charge in [-0.25, -0.2) is 0 Å². The van der Waals surface area contributed by atoms with Crippen molar-refractivity contribution in [3.63, 3.8) is 0 Å². The highest BCUT2D eigenvalue weighted by atomic mass is 16.2. The van der Waals surface area contributed by atoms with Crippen LogP contribution >= 0.6 is 0 Å². The van der Waals surface area contributed by atoms with Crippen molar-refractivity contribution < 1.29 is 9.59 Å². The molecule has 0 aromatic heterocycles. The SMILES string of the molecule is CCN1CCN(C(=O)c2cccc(NC(C)=O)c2C)CC1. The Kier molecular flexibility index (Phi) is 4.96. The predicted molar refractivity (Wildman–Crippen MR) is 83.5 cm³/mol. The molecular weight excluding hydrogens is 266 g/mol. The largest absolute Gasteiger partial charge is 0.336 e. The van der Waals surface area contributed by atoms with E-state index in [0.29, 0.717) is 11.3 Å². The fourth-order valence-electron chi connectivity index (χ4n) is 2.63. The van der Waals surface area contributed by atoms with Crippen LogP contribution < -0.4 is 5.32 Å². The first-order valence-corrected chi connectivity index (χ1v) is 7.41. The number of benzene rings is 1. The van der Waals surface area contributed by atoms with E-state index in [1.807, 2.05) is 30.0 Å². The van der Waals surface area contributed by atoms with Crippen LogP contribution in [0, 0.1) is 6.92 Å². The van der Waals surface area contributed by atoms with Crippen molar-refractivity contribution in [2.24, 2.45) is 0 Å². The Bertz CT molecular complexity index is 534. The van der Waals surface area contributed by atoms with Crippen molar-refractivity contribution in [1.29, 1.82) is 0 Å². The number of carbonyl (C=O) groups is 2. The van der Waals surface area contributed by atoms with Gasteiger partial charge in [0.05, 0.1) is 0 Å². The molecule has 5 heteroatoms. The average molecular weight is 289 g/mol. The van der Waals surface area contributed by atoms with Crippen LogP contribution in [0.3, 0.4) is 0 Å². The van der Waals surface area contributed by atoms with Crippen molar-refractivity contribution in [3.8, 4) is 0 Å². The van der Waals surface area contributed by atoms with Gasteiger partial charge in [0.25, 0.3) is 5.91 Å². The van der Waals surface area contributed by atoms with E-state index in [-0.39, 0.29) is 11.8 Å². The molecule has 1 aliphatic heterocycles. The van der Waals surface area contributed by atoms with Crippen LogP contribution in [-0.4, -0.2) is 54.3 Å². The van der Waals surface area contributed by atoms with Gasteiger partial charge in [-0.15, -0.1) is 0 Å². The maximum atomic E-state index is 12.6. The Morgan fingerprint density at radius 3 is 2.43 bits per heavy atom. The van der Waals surface area contributed by atoms with Crippen LogP contribution in [0.25, 0.3) is 0 Å². The molecule has 0 unspecified atom stereocenters. The van der Waals surface area contributed by atoms with Gasteiger partial charge in [-0.1, -0.05) is 13.0 Å². The maximum Gasteiger partial charge on any atom is 0.254 e. The van der Waals surface area contributed by atoms with Gasteiger partial charge in [-0.05, 0) is 31.2 Å². The molecule has 21 heavy (non-hydrogen) atoms. The van der Waals surface area contributed by atoms with Crippen molar-refractivity contribution in [1.82, 2.24) is 9.80 Å². The number of piperazine rings is 1. The molecule has 0 radical (unpaired) electrons. The third-order valence-corrected chi connectivity index (χ3v) is 3.98. The molecule has 1 aromatic carbocycles. The molecule has 1 heterocycles. The minimum atomic E-state index is -0.126. The van der Waals surface area contributed by atoms with E-state index >= 15 is 0 Å². The van der Waals surface area contributed by atoms with E-state index in [0.717, 1.165) is 38.3 Å². The van der Waals surface area contributed by atoms with Gasteiger partial charge in [-0.3, -0.25) is 9.59 Å². The molecule has 0 atom stereocenters. The van der Waals surface area contributed by atoms with Crippen LogP contribution in [0.15, 0.2) is 18.2 Å². The summed E-state index contributed by atoms with van der Waals surface area (Å²) in [6.45, 7) is 9.88. The van der Waals surface area contributed by atoms with Crippen molar-refractivity contribution in [2.75, 3.05) is 38.0 Å². The van der Waals surface area contributed by atoms with Gasteiger partial charge >= 0.3 is 0 Å². The monoisotopic (exact) mass is 289 g/mol. The van der Waals surface area contributed by atoms with E-state index in [1.54, 1.807) is 0 Å². The molecule has 1 aliphatic rings. The van der Waals surface area contributed by atoms with E-state index in [4.69, 9.17) is 0 Å². The molecule has 0 aliphatic carbocycles. The molecule has 1 aromatic rings. The van der Waals surface area contributed by atoms with Gasteiger partial charge in [0.1, 0.15) is 0 Å². The summed E-state index contributed by atoms with van der Waals surface area (Å²) in [5.74, 6) is -0.0743. The standard InChI is InChI=1S/C16H23N3O2/c1-4-18-8-10-19(11-9-18)16(21)14-6-5-7-15(12(14)2)17-13(3)20/h5-7H,4,8-11H2,1-3H3,(H,17,20). The summed E-state index contributed by atoms with van der Waals surface area (Å²) in [5, 5.41) is 2.77. The van der Waals surface area contributed by atoms with Crippen LogP contribution in [0.1, 0.15) is 29.8 Å². The lowest BCUT2D eigenvalue weighted by molar-refractivity contribution is -0.114. The Hall–Kier alpha value is -1.88. The van der Waals surface area contributed by atoms with E-state index < -0.39 is 0 Å². The molecule has 2 amide bonds. The smallest absolute Gasteiger partial charge is 0.254 e. The second-order valence-corrected chi connectivity index (χ2v) is 5.39. The van der Waals surface area contributed by atoms with Gasteiger partial charge in [0, 0.05) is 44.4 Å². The van der Waals surface area contributed by atoms with Crippen LogP contribution in [0.4, 0.5) is 5.69 Å². The first kappa shape index (κ1) is 15.5. The van der Waals surface area contributed by atoms with Crippen molar-refractivity contribution in [3.05, 3.63) is 29.3 Å². The minimum Gasteiger partial charge on any atom is -0.336 e. The summed E-state index contributed by atoms with van der Waals surface area (Å²) in [5.41, 5.74) is 2.21. The third kappa shape index (κ3) is 3.61. The van der Waals surface area contributed by atoms with Crippen LogP contribution in [0.2, 0.25) is 0 Å². The summed E-state index contributed by atoms with van der Waals surface area (Å²) in [4.78, 5) is 28.1. The number of anilines is 1. The van der Waals surface area contributed by atoms with Crippen molar-refractivity contribution >= 4 is 17.5 Å². The molecule has 0 saturated carbocycles. The van der Waals surface area contributed by atoms with E-state index in [1.165, 1.54) is 6.92 Å². The highest BCUT2D eigenvalue weighted by molar-refractivity contribution is 5.99. The first-order valence-electron chi connectivity index (χ1n) is 7.41. The van der Waals surface area contributed by atoms with E-state index in [2.05, 4.69) is 17.1 Å². The highest BCUT2D eigenvalue weighted by Gasteiger charge is 2.23. The summed E-state index contributed by atoms with van der Waals surface area (Å²) < 4.78 is 0. The quantitative estimate of drug-likeness (QED) is 0.922. The maximum absolute atomic E-state index is 12.6. The second-order valence-electron chi connectivity index (χ2n) is 5.39. The number of nitrogens with zero attached hydrogens (tertiary/aromatic N) is 2. The summed E-state index contributed by atoms with van der Waals surface area (Å²) in [7, 11) is 0. The summed E-state index contributed by atoms with van der Waals surface area (Å²) >= 11 is 0. The van der Waals surface area contributed by atoms with Gasteiger partial charge in [0.2, 0.25) is 5.91 Å². The molecule has 2 rings (SSSR count). The summed E-state index contributed by atoms with van der Waals surface area (Å²) in [6.07, 6.45) is 0. The molecular formula is C16H23N3O2. The molecule has 114 valence electrons. The predicted octanol–water partition coefficient (Wildman–Crippen LogP) is 1.73. The Morgan fingerprint density at radius 1 is 1.19 bits per heavy atom. The van der Waals surface area contributed by atoms with E-state index in [9.17, 15) is 9.59 Å². The Morgan fingerprint density at radius 2 is 1.86 bits per heavy atom. The number of hydrogen-bond donors (Lipinski definition) is 1. The number of likely N-dealkylation sites (N-methyl/N-ethyl adjacent to an activating group) is 1. The Balaban J connectivity index is 2.14. The lowest BCUT2D eigenvalue weighted by Crippen LogP contribution is -2.48. The molecule has 0 bridgehead atoms. The summed E-state index contributed by atoms with van der Waals surface area (Å²) in [6, 6.07) is 5.46. The zero-order valence-corrected chi connectivity index (χ0v) is 13.0. The van der Waals surface area contributed by atoms with Crippen LogP contribution in [0.5, 0.6) is 0 Å². The Labute approximate surface area is 125 Å². The topological polar surface area (TPSA) is 52.6 Å². The number of rotatable bonds is 3. The van der Waals surface area contributed by atoms with Gasteiger partial charge < -0.3 is 15.1 Å². The zero-order valence-electron chi connectivity index (χ0n) is 13.0. The molecule has 5 nitrogen and oxygen atoms in total. The lowest BCUT2D eigenvalue weighted by Gasteiger charge is -2.34. The number of nitrogens with one attached hydrogen (secondary N) is 1. The van der Waals surface area contributed by atoms with Crippen molar-refractivity contribution in [2.45, 2.75) is 20.8 Å². The molecule has 1 saturated heterocycles. The normalized spacial score (nSPS) is 15.9. The highest BCUT2D eigenvalue weighted by Crippen LogP contribution is 2.21. The molecule has 0 spiro atoms. The number of carbonyl (C=O) groups excluding carboxylic acids is 2. The number of hydrogen-bond acceptors (Lipinski definition) is 3. The van der Waals surface area contributed by atoms with Crippen LogP contribution in [-0.2, 0) is 4.79 Å². The second kappa shape index (κ2) is 6.72. The fourth-order valence-corrected chi connectivity index (χ4v) is 2.63. The molecule has 1 fully saturated rings.